The fraction of sp³-hybridized carbons (Fsp3) is 0.500. The number of nitro groups is 1. The van der Waals surface area contributed by atoms with Crippen LogP contribution in [0.15, 0.2) is 18.2 Å². The number of nitrogens with zero attached hydrogens (tertiary/aromatic N) is 1. The average Bonchev–Trinajstić information content (AvgIpc) is 2.94. The maximum atomic E-state index is 12.5. The fourth-order valence-corrected chi connectivity index (χ4v) is 3.08. The van der Waals surface area contributed by atoms with E-state index in [1.54, 1.807) is 6.92 Å². The summed E-state index contributed by atoms with van der Waals surface area (Å²) in [6.45, 7) is 1.98. The quantitative estimate of drug-likeness (QED) is 0.583. The van der Waals surface area contributed by atoms with Crippen molar-refractivity contribution in [3.8, 4) is 5.75 Å². The molecule has 0 unspecified atom stereocenters. The Morgan fingerprint density at radius 1 is 1.38 bits per heavy atom. The van der Waals surface area contributed by atoms with E-state index in [1.165, 1.54) is 12.1 Å². The second-order valence-corrected chi connectivity index (χ2v) is 5.88. The van der Waals surface area contributed by atoms with Crippen molar-refractivity contribution in [2.45, 2.75) is 44.6 Å². The smallest absolute Gasteiger partial charge is 0.311 e. The summed E-state index contributed by atoms with van der Waals surface area (Å²) in [5.41, 5.74) is -0.957. The molecular weight excluding hydrogens is 316 g/mol. The van der Waals surface area contributed by atoms with Gasteiger partial charge < -0.3 is 15.2 Å². The highest BCUT2D eigenvalue weighted by Crippen LogP contribution is 2.34. The molecule has 0 aliphatic heterocycles. The van der Waals surface area contributed by atoms with Gasteiger partial charge in [-0.15, -0.1) is 0 Å². The third kappa shape index (κ3) is 4.01. The lowest BCUT2D eigenvalue weighted by Gasteiger charge is -2.28. The van der Waals surface area contributed by atoms with Crippen LogP contribution in [0.2, 0.25) is 0 Å². The number of benzene rings is 1. The first-order chi connectivity index (χ1) is 11.4. The van der Waals surface area contributed by atoms with Gasteiger partial charge in [0.15, 0.2) is 5.75 Å². The zero-order chi connectivity index (χ0) is 17.7. The summed E-state index contributed by atoms with van der Waals surface area (Å²) >= 11 is 0. The molecule has 1 aromatic carbocycles. The molecule has 0 saturated heterocycles. The van der Waals surface area contributed by atoms with Crippen molar-refractivity contribution in [1.82, 2.24) is 5.32 Å². The molecule has 1 saturated carbocycles. The fourth-order valence-electron chi connectivity index (χ4n) is 3.08. The van der Waals surface area contributed by atoms with Crippen LogP contribution in [-0.4, -0.2) is 34.1 Å². The Morgan fingerprint density at radius 2 is 2.04 bits per heavy atom. The van der Waals surface area contributed by atoms with Crippen molar-refractivity contribution in [3.63, 3.8) is 0 Å². The summed E-state index contributed by atoms with van der Waals surface area (Å²) in [6.07, 6.45) is 2.71. The lowest BCUT2D eigenvalue weighted by atomic mass is 9.92. The first kappa shape index (κ1) is 17.7. The number of aliphatic carboxylic acids is 1. The zero-order valence-electron chi connectivity index (χ0n) is 13.4. The standard InChI is InChI=1S/C16H20N2O6/c1-2-24-13-6-5-11(9-12(13)18(22)23)15(21)17-16(10-14(19)20)7-3-4-8-16/h5-6,9H,2-4,7-8,10H2,1H3,(H,17,21)(H,19,20). The molecule has 0 radical (unpaired) electrons. The molecule has 1 aliphatic rings. The van der Waals surface area contributed by atoms with Gasteiger partial charge in [-0.3, -0.25) is 19.7 Å². The Kier molecular flexibility index (Phi) is 5.38. The van der Waals surface area contributed by atoms with Gasteiger partial charge in [0.05, 0.1) is 23.5 Å². The van der Waals surface area contributed by atoms with E-state index in [1.807, 2.05) is 0 Å². The summed E-state index contributed by atoms with van der Waals surface area (Å²) in [5, 5.41) is 23.0. The van der Waals surface area contributed by atoms with Crippen LogP contribution in [0.1, 0.15) is 49.4 Å². The minimum Gasteiger partial charge on any atom is -0.487 e. The van der Waals surface area contributed by atoms with Gasteiger partial charge in [-0.1, -0.05) is 12.8 Å². The molecule has 1 amide bonds. The number of carbonyl (C=O) groups excluding carboxylic acids is 1. The van der Waals surface area contributed by atoms with E-state index in [4.69, 9.17) is 9.84 Å². The van der Waals surface area contributed by atoms with Crippen LogP contribution < -0.4 is 10.1 Å². The van der Waals surface area contributed by atoms with Gasteiger partial charge in [0.2, 0.25) is 0 Å². The molecule has 0 spiro atoms. The van der Waals surface area contributed by atoms with Crippen molar-refractivity contribution in [2.24, 2.45) is 0 Å². The Morgan fingerprint density at radius 3 is 2.58 bits per heavy atom. The monoisotopic (exact) mass is 336 g/mol. The molecule has 0 heterocycles. The summed E-state index contributed by atoms with van der Waals surface area (Å²) in [6, 6.07) is 3.98. The highest BCUT2D eigenvalue weighted by molar-refractivity contribution is 5.96. The first-order valence-electron chi connectivity index (χ1n) is 7.82. The Labute approximate surface area is 139 Å². The van der Waals surface area contributed by atoms with E-state index >= 15 is 0 Å². The third-order valence-corrected chi connectivity index (χ3v) is 4.15. The predicted octanol–water partition coefficient (Wildman–Crippen LogP) is 2.51. The predicted molar refractivity (Wildman–Crippen MR) is 85.2 cm³/mol. The largest absolute Gasteiger partial charge is 0.487 e. The van der Waals surface area contributed by atoms with Crippen LogP contribution in [0, 0.1) is 10.1 Å². The van der Waals surface area contributed by atoms with Gasteiger partial charge in [-0.2, -0.15) is 0 Å². The summed E-state index contributed by atoms with van der Waals surface area (Å²) in [4.78, 5) is 34.1. The molecule has 1 fully saturated rings. The van der Waals surface area contributed by atoms with Gasteiger partial charge >= 0.3 is 11.7 Å². The third-order valence-electron chi connectivity index (χ3n) is 4.15. The Hall–Kier alpha value is -2.64. The normalized spacial score (nSPS) is 15.7. The number of ether oxygens (including phenoxy) is 1. The van der Waals surface area contributed by atoms with Crippen LogP contribution in [0.25, 0.3) is 0 Å². The van der Waals surface area contributed by atoms with E-state index in [-0.39, 0.29) is 30.0 Å². The van der Waals surface area contributed by atoms with E-state index in [9.17, 15) is 19.7 Å². The molecule has 2 N–H and O–H groups in total. The maximum absolute atomic E-state index is 12.5. The van der Waals surface area contributed by atoms with Crippen LogP contribution in [-0.2, 0) is 4.79 Å². The number of nitro benzene ring substituents is 1. The minimum atomic E-state index is -0.977. The molecule has 130 valence electrons. The highest BCUT2D eigenvalue weighted by Gasteiger charge is 2.37. The molecule has 8 heteroatoms. The van der Waals surface area contributed by atoms with Crippen LogP contribution in [0.5, 0.6) is 5.75 Å². The van der Waals surface area contributed by atoms with Crippen molar-refractivity contribution in [1.29, 1.82) is 0 Å². The van der Waals surface area contributed by atoms with E-state index in [2.05, 4.69) is 5.32 Å². The number of nitrogens with one attached hydrogen (secondary N) is 1. The lowest BCUT2D eigenvalue weighted by molar-refractivity contribution is -0.385. The zero-order valence-corrected chi connectivity index (χ0v) is 13.4. The van der Waals surface area contributed by atoms with Crippen LogP contribution in [0.3, 0.4) is 0 Å². The average molecular weight is 336 g/mol. The number of hydrogen-bond acceptors (Lipinski definition) is 5. The van der Waals surface area contributed by atoms with Crippen molar-refractivity contribution in [3.05, 3.63) is 33.9 Å². The molecule has 24 heavy (non-hydrogen) atoms. The lowest BCUT2D eigenvalue weighted by Crippen LogP contribution is -2.47. The van der Waals surface area contributed by atoms with Crippen LogP contribution >= 0.6 is 0 Å². The molecule has 8 nitrogen and oxygen atoms in total. The molecule has 0 atom stereocenters. The van der Waals surface area contributed by atoms with E-state index in [0.717, 1.165) is 18.9 Å². The second kappa shape index (κ2) is 7.29. The molecule has 1 aliphatic carbocycles. The molecule has 0 bridgehead atoms. The van der Waals surface area contributed by atoms with Gasteiger partial charge in [0.25, 0.3) is 5.91 Å². The summed E-state index contributed by atoms with van der Waals surface area (Å²) < 4.78 is 5.19. The summed E-state index contributed by atoms with van der Waals surface area (Å²) in [7, 11) is 0. The van der Waals surface area contributed by atoms with Gasteiger partial charge in [-0.05, 0) is 31.9 Å². The SMILES string of the molecule is CCOc1ccc(C(=O)NC2(CC(=O)O)CCCC2)cc1[N+](=O)[O-]. The number of carboxylic acids is 1. The Balaban J connectivity index is 2.24. The topological polar surface area (TPSA) is 119 Å². The van der Waals surface area contributed by atoms with Crippen LogP contribution in [0.4, 0.5) is 5.69 Å². The molecular formula is C16H20N2O6. The number of carboxylic acid groups (broad SMARTS) is 1. The number of rotatable bonds is 7. The first-order valence-corrected chi connectivity index (χ1v) is 7.82. The van der Waals surface area contributed by atoms with Crippen molar-refractivity contribution < 1.29 is 24.4 Å². The van der Waals surface area contributed by atoms with E-state index in [0.29, 0.717) is 12.8 Å². The molecule has 1 aromatic rings. The maximum Gasteiger partial charge on any atom is 0.311 e. The van der Waals surface area contributed by atoms with Crippen molar-refractivity contribution in [2.75, 3.05) is 6.61 Å². The number of carbonyl (C=O) groups is 2. The minimum absolute atomic E-state index is 0.0974. The van der Waals surface area contributed by atoms with Gasteiger partial charge in [0.1, 0.15) is 0 Å². The number of hydrogen-bond donors (Lipinski definition) is 2. The van der Waals surface area contributed by atoms with Gasteiger partial charge in [0, 0.05) is 11.6 Å². The van der Waals surface area contributed by atoms with Crippen molar-refractivity contribution >= 4 is 17.6 Å². The molecule has 2 rings (SSSR count). The number of amides is 1. The Bertz CT molecular complexity index is 652. The van der Waals surface area contributed by atoms with E-state index < -0.39 is 22.3 Å². The summed E-state index contributed by atoms with van der Waals surface area (Å²) in [5.74, 6) is -1.39. The highest BCUT2D eigenvalue weighted by atomic mass is 16.6. The molecule has 0 aromatic heterocycles. The van der Waals surface area contributed by atoms with Gasteiger partial charge in [-0.25, -0.2) is 0 Å². The second-order valence-electron chi connectivity index (χ2n) is 5.88.